The quantitative estimate of drug-likeness (QED) is 0.815. The van der Waals surface area contributed by atoms with Gasteiger partial charge in [-0.3, -0.25) is 4.98 Å². The van der Waals surface area contributed by atoms with Gasteiger partial charge in [0, 0.05) is 19.3 Å². The zero-order valence-electron chi connectivity index (χ0n) is 10.4. The van der Waals surface area contributed by atoms with Gasteiger partial charge in [0.2, 0.25) is 0 Å². The normalized spacial score (nSPS) is 22.8. The molecule has 1 aliphatic rings. The summed E-state index contributed by atoms with van der Waals surface area (Å²) in [5, 5.41) is 18.3. The van der Waals surface area contributed by atoms with E-state index in [4.69, 9.17) is 5.11 Å². The molecule has 2 rings (SSSR count). The van der Waals surface area contributed by atoms with Crippen molar-refractivity contribution in [2.24, 2.45) is 5.92 Å². The molecule has 1 aromatic heterocycles. The zero-order valence-corrected chi connectivity index (χ0v) is 10.4. The maximum Gasteiger partial charge on any atom is 0.337 e. The van der Waals surface area contributed by atoms with E-state index in [9.17, 15) is 9.90 Å². The average Bonchev–Trinajstić information content (AvgIpc) is 2.27. The number of carboxylic acids is 1. The zero-order chi connectivity index (χ0) is 13.1. The lowest BCUT2D eigenvalue weighted by atomic mass is 9.82. The van der Waals surface area contributed by atoms with Crippen molar-refractivity contribution in [1.82, 2.24) is 9.88 Å². The Hall–Kier alpha value is -1.46. The number of rotatable bonds is 5. The van der Waals surface area contributed by atoms with Crippen LogP contribution in [0.2, 0.25) is 0 Å². The number of pyridine rings is 1. The fourth-order valence-corrected chi connectivity index (χ4v) is 2.37. The maximum atomic E-state index is 11.0. The van der Waals surface area contributed by atoms with E-state index in [0.717, 1.165) is 19.4 Å². The Morgan fingerprint density at radius 2 is 2.28 bits per heavy atom. The third-order valence-electron chi connectivity index (χ3n) is 3.32. The highest BCUT2D eigenvalue weighted by Crippen LogP contribution is 2.27. The van der Waals surface area contributed by atoms with Crippen LogP contribution in [-0.4, -0.2) is 45.8 Å². The molecule has 0 unspecified atom stereocenters. The Morgan fingerprint density at radius 1 is 1.56 bits per heavy atom. The first-order valence-corrected chi connectivity index (χ1v) is 6.10. The number of nitrogens with zero attached hydrogens (tertiary/aromatic N) is 2. The van der Waals surface area contributed by atoms with E-state index >= 15 is 0 Å². The summed E-state index contributed by atoms with van der Waals surface area (Å²) in [5.74, 6) is -0.424. The number of hydrogen-bond acceptors (Lipinski definition) is 4. The van der Waals surface area contributed by atoms with Gasteiger partial charge < -0.3 is 15.1 Å². The number of aromatic nitrogens is 1. The molecular formula is C13H18N2O3. The predicted octanol–water partition coefficient (Wildman–Crippen LogP) is 0.982. The number of aliphatic hydroxyl groups is 1. The van der Waals surface area contributed by atoms with Crippen LogP contribution in [0.3, 0.4) is 0 Å². The molecule has 5 heteroatoms. The summed E-state index contributed by atoms with van der Waals surface area (Å²) in [6.45, 7) is 1.39. The van der Waals surface area contributed by atoms with Gasteiger partial charge in [0.25, 0.3) is 0 Å². The van der Waals surface area contributed by atoms with Gasteiger partial charge in [-0.15, -0.1) is 0 Å². The highest BCUT2D eigenvalue weighted by molar-refractivity contribution is 5.88. The molecule has 1 fully saturated rings. The molecule has 0 spiro atoms. The van der Waals surface area contributed by atoms with Crippen molar-refractivity contribution in [3.8, 4) is 0 Å². The van der Waals surface area contributed by atoms with Crippen molar-refractivity contribution in [3.63, 3.8) is 0 Å². The van der Waals surface area contributed by atoms with Crippen molar-refractivity contribution in [2.45, 2.75) is 25.5 Å². The van der Waals surface area contributed by atoms with E-state index in [1.54, 1.807) is 18.3 Å². The number of carbonyl (C=O) groups is 1. The fraction of sp³-hybridized carbons (Fsp3) is 0.538. The van der Waals surface area contributed by atoms with Crippen LogP contribution in [0.15, 0.2) is 18.3 Å². The van der Waals surface area contributed by atoms with Crippen LogP contribution in [0.25, 0.3) is 0 Å². The first kappa shape index (κ1) is 13.0. The van der Waals surface area contributed by atoms with Crippen molar-refractivity contribution in [1.29, 1.82) is 0 Å². The van der Waals surface area contributed by atoms with Crippen LogP contribution in [0.1, 0.15) is 28.9 Å². The second kappa shape index (κ2) is 5.46. The predicted molar refractivity (Wildman–Crippen MR) is 66.3 cm³/mol. The molecule has 0 aliphatic heterocycles. The fourth-order valence-electron chi connectivity index (χ4n) is 2.37. The van der Waals surface area contributed by atoms with E-state index < -0.39 is 5.97 Å². The summed E-state index contributed by atoms with van der Waals surface area (Å²) >= 11 is 0. The van der Waals surface area contributed by atoms with Crippen LogP contribution in [0.5, 0.6) is 0 Å². The molecule has 98 valence electrons. The second-order valence-electron chi connectivity index (χ2n) is 4.99. The van der Waals surface area contributed by atoms with Crippen LogP contribution in [0, 0.1) is 5.92 Å². The maximum absolute atomic E-state index is 11.0. The van der Waals surface area contributed by atoms with Crippen molar-refractivity contribution < 1.29 is 15.0 Å². The molecule has 0 radical (unpaired) electrons. The smallest absolute Gasteiger partial charge is 0.337 e. The molecule has 0 bridgehead atoms. The van der Waals surface area contributed by atoms with E-state index in [1.165, 1.54) is 0 Å². The summed E-state index contributed by atoms with van der Waals surface area (Å²) in [4.78, 5) is 17.2. The Balaban J connectivity index is 1.94. The standard InChI is InChI=1S/C13H18N2O3/c1-15(7-9-5-10(16)6-9)8-12-11(13(17)18)3-2-4-14-12/h2-4,9-10,16H,5-8H2,1H3,(H,17,18). The SMILES string of the molecule is CN(Cc1ncccc1C(=O)O)CC1CC(O)C1. The molecular weight excluding hydrogens is 232 g/mol. The monoisotopic (exact) mass is 250 g/mol. The van der Waals surface area contributed by atoms with Crippen molar-refractivity contribution in [2.75, 3.05) is 13.6 Å². The number of carboxylic acid groups (broad SMARTS) is 1. The molecule has 2 N–H and O–H groups in total. The summed E-state index contributed by atoms with van der Waals surface area (Å²) in [5.41, 5.74) is 0.852. The van der Waals surface area contributed by atoms with Crippen molar-refractivity contribution >= 4 is 5.97 Å². The van der Waals surface area contributed by atoms with Gasteiger partial charge in [-0.1, -0.05) is 0 Å². The third kappa shape index (κ3) is 3.05. The van der Waals surface area contributed by atoms with E-state index in [-0.39, 0.29) is 11.7 Å². The summed E-state index contributed by atoms with van der Waals surface area (Å²) < 4.78 is 0. The Morgan fingerprint density at radius 3 is 2.89 bits per heavy atom. The number of aromatic carboxylic acids is 1. The van der Waals surface area contributed by atoms with Crippen LogP contribution < -0.4 is 0 Å². The van der Waals surface area contributed by atoms with Gasteiger partial charge in [-0.05, 0) is 37.9 Å². The molecule has 1 saturated carbocycles. The lowest BCUT2D eigenvalue weighted by Crippen LogP contribution is -2.37. The summed E-state index contributed by atoms with van der Waals surface area (Å²) in [6, 6.07) is 3.21. The summed E-state index contributed by atoms with van der Waals surface area (Å²) in [7, 11) is 1.95. The Labute approximate surface area is 106 Å². The lowest BCUT2D eigenvalue weighted by Gasteiger charge is -2.34. The number of hydrogen-bond donors (Lipinski definition) is 2. The Bertz CT molecular complexity index is 430. The van der Waals surface area contributed by atoms with Crippen LogP contribution in [0.4, 0.5) is 0 Å². The minimum absolute atomic E-state index is 0.146. The molecule has 5 nitrogen and oxygen atoms in total. The highest BCUT2D eigenvalue weighted by Gasteiger charge is 2.28. The lowest BCUT2D eigenvalue weighted by molar-refractivity contribution is 0.0272. The summed E-state index contributed by atoms with van der Waals surface area (Å²) in [6.07, 6.45) is 3.16. The minimum Gasteiger partial charge on any atom is -0.478 e. The Kier molecular flexibility index (Phi) is 3.93. The molecule has 1 aromatic rings. The largest absolute Gasteiger partial charge is 0.478 e. The topological polar surface area (TPSA) is 73.7 Å². The van der Waals surface area contributed by atoms with Gasteiger partial charge in [0.1, 0.15) is 0 Å². The molecule has 1 heterocycles. The van der Waals surface area contributed by atoms with Gasteiger partial charge in [-0.25, -0.2) is 4.79 Å². The van der Waals surface area contributed by atoms with E-state index in [2.05, 4.69) is 9.88 Å². The van der Waals surface area contributed by atoms with E-state index in [1.807, 2.05) is 7.05 Å². The minimum atomic E-state index is -0.939. The molecule has 0 amide bonds. The molecule has 1 aliphatic carbocycles. The van der Waals surface area contributed by atoms with E-state index in [0.29, 0.717) is 18.2 Å². The van der Waals surface area contributed by atoms with Gasteiger partial charge >= 0.3 is 5.97 Å². The first-order chi connectivity index (χ1) is 8.56. The first-order valence-electron chi connectivity index (χ1n) is 6.10. The van der Waals surface area contributed by atoms with Gasteiger partial charge in [-0.2, -0.15) is 0 Å². The second-order valence-corrected chi connectivity index (χ2v) is 4.99. The molecule has 0 saturated heterocycles. The molecule has 18 heavy (non-hydrogen) atoms. The molecule has 0 atom stereocenters. The highest BCUT2D eigenvalue weighted by atomic mass is 16.4. The van der Waals surface area contributed by atoms with Gasteiger partial charge in [0.15, 0.2) is 0 Å². The average molecular weight is 250 g/mol. The van der Waals surface area contributed by atoms with Crippen LogP contribution >= 0.6 is 0 Å². The number of aliphatic hydroxyl groups excluding tert-OH is 1. The van der Waals surface area contributed by atoms with Gasteiger partial charge in [0.05, 0.1) is 17.4 Å². The molecule has 0 aromatic carbocycles. The van der Waals surface area contributed by atoms with Crippen molar-refractivity contribution in [3.05, 3.63) is 29.6 Å². The third-order valence-corrected chi connectivity index (χ3v) is 3.32. The van der Waals surface area contributed by atoms with Crippen LogP contribution in [-0.2, 0) is 6.54 Å².